The van der Waals surface area contributed by atoms with Gasteiger partial charge in [0.15, 0.2) is 11.5 Å². The Hall–Kier alpha value is -3.36. The second-order valence-electron chi connectivity index (χ2n) is 7.60. The first-order valence-electron chi connectivity index (χ1n) is 10.5. The molecule has 1 fully saturated rings. The van der Waals surface area contributed by atoms with Crippen LogP contribution in [0.5, 0.6) is 5.75 Å². The zero-order valence-corrected chi connectivity index (χ0v) is 17.9. The summed E-state index contributed by atoms with van der Waals surface area (Å²) in [6, 6.07) is 9.90. The fraction of sp³-hybridized carbons (Fsp3) is 0.333. The summed E-state index contributed by atoms with van der Waals surface area (Å²) in [6.07, 6.45) is 4.35. The van der Waals surface area contributed by atoms with E-state index in [1.54, 1.807) is 48.4 Å². The van der Waals surface area contributed by atoms with Gasteiger partial charge in [0.25, 0.3) is 5.91 Å². The number of morpholine rings is 1. The van der Waals surface area contributed by atoms with Gasteiger partial charge in [-0.25, -0.2) is 0 Å². The molecule has 0 bridgehead atoms. The molecule has 8 nitrogen and oxygen atoms in total. The average molecular weight is 438 g/mol. The molecule has 2 aliphatic heterocycles. The summed E-state index contributed by atoms with van der Waals surface area (Å²) >= 11 is 0. The number of carbonyl (C=O) groups is 2. The van der Waals surface area contributed by atoms with Gasteiger partial charge in [-0.2, -0.15) is 0 Å². The van der Waals surface area contributed by atoms with Gasteiger partial charge in [0, 0.05) is 26.2 Å². The number of aliphatic hydroxyl groups excluding tert-OH is 1. The van der Waals surface area contributed by atoms with Crippen molar-refractivity contribution >= 4 is 17.8 Å². The highest BCUT2D eigenvalue weighted by Gasteiger charge is 2.42. The summed E-state index contributed by atoms with van der Waals surface area (Å²) in [5, 5.41) is 10.7. The lowest BCUT2D eigenvalue weighted by Crippen LogP contribution is -2.43. The molecule has 1 amide bonds. The number of furan rings is 1. The SMILES string of the molecule is COc1ccc([C@@H]2C(C(=O)/C=C/c3ccco3)=C(O)C(=O)N2CCN2CCOCC2)cc1. The van der Waals surface area contributed by atoms with Crippen LogP contribution in [0.4, 0.5) is 0 Å². The second-order valence-corrected chi connectivity index (χ2v) is 7.60. The zero-order valence-electron chi connectivity index (χ0n) is 17.9. The number of ether oxygens (including phenoxy) is 2. The highest BCUT2D eigenvalue weighted by Crippen LogP contribution is 2.38. The van der Waals surface area contributed by atoms with Crippen molar-refractivity contribution in [3.05, 3.63) is 71.4 Å². The summed E-state index contributed by atoms with van der Waals surface area (Å²) in [6.45, 7) is 3.87. The Morgan fingerprint density at radius 1 is 1.19 bits per heavy atom. The molecular weight excluding hydrogens is 412 g/mol. The van der Waals surface area contributed by atoms with Crippen molar-refractivity contribution < 1.29 is 28.6 Å². The highest BCUT2D eigenvalue weighted by atomic mass is 16.5. The van der Waals surface area contributed by atoms with Gasteiger partial charge < -0.3 is 23.9 Å². The van der Waals surface area contributed by atoms with E-state index in [9.17, 15) is 14.7 Å². The number of rotatable bonds is 8. The van der Waals surface area contributed by atoms with Crippen LogP contribution in [0.1, 0.15) is 17.4 Å². The lowest BCUT2D eigenvalue weighted by Gasteiger charge is -2.31. The van der Waals surface area contributed by atoms with Crippen LogP contribution in [0.2, 0.25) is 0 Å². The molecule has 0 radical (unpaired) electrons. The first-order chi connectivity index (χ1) is 15.6. The number of ketones is 1. The van der Waals surface area contributed by atoms with Crippen molar-refractivity contribution in [1.29, 1.82) is 0 Å². The van der Waals surface area contributed by atoms with Crippen LogP contribution in [-0.2, 0) is 14.3 Å². The molecule has 3 heterocycles. The summed E-state index contributed by atoms with van der Waals surface area (Å²) in [5.41, 5.74) is 0.782. The molecule has 1 atom stereocenters. The monoisotopic (exact) mass is 438 g/mol. The number of hydrogen-bond donors (Lipinski definition) is 1. The minimum Gasteiger partial charge on any atom is -0.503 e. The Morgan fingerprint density at radius 3 is 2.59 bits per heavy atom. The molecular formula is C24H26N2O6. The van der Waals surface area contributed by atoms with Gasteiger partial charge in [0.2, 0.25) is 0 Å². The Kier molecular flexibility index (Phi) is 6.72. The quantitative estimate of drug-likeness (QED) is 0.634. The maximum Gasteiger partial charge on any atom is 0.290 e. The number of aliphatic hydroxyl groups is 1. The fourth-order valence-electron chi connectivity index (χ4n) is 3.98. The maximum absolute atomic E-state index is 13.1. The molecule has 0 saturated carbocycles. The van der Waals surface area contributed by atoms with Gasteiger partial charge in [0.1, 0.15) is 11.5 Å². The van der Waals surface area contributed by atoms with Gasteiger partial charge in [-0.15, -0.1) is 0 Å². The molecule has 168 valence electrons. The molecule has 1 saturated heterocycles. The number of amides is 1. The van der Waals surface area contributed by atoms with Crippen LogP contribution in [-0.4, -0.2) is 73.1 Å². The number of hydrogen-bond acceptors (Lipinski definition) is 7. The lowest BCUT2D eigenvalue weighted by molar-refractivity contribution is -0.129. The molecule has 1 N–H and O–H groups in total. The molecule has 4 rings (SSSR count). The second kappa shape index (κ2) is 9.84. The lowest BCUT2D eigenvalue weighted by atomic mass is 9.95. The van der Waals surface area contributed by atoms with Crippen LogP contribution < -0.4 is 4.74 Å². The minimum absolute atomic E-state index is 0.0601. The normalized spacial score (nSPS) is 19.8. The summed E-state index contributed by atoms with van der Waals surface area (Å²) in [4.78, 5) is 29.8. The first kappa shape index (κ1) is 21.9. The van der Waals surface area contributed by atoms with E-state index >= 15 is 0 Å². The smallest absolute Gasteiger partial charge is 0.290 e. The molecule has 0 spiro atoms. The van der Waals surface area contributed by atoms with Crippen LogP contribution in [0.15, 0.2) is 64.5 Å². The largest absolute Gasteiger partial charge is 0.503 e. The van der Waals surface area contributed by atoms with Crippen molar-refractivity contribution in [2.45, 2.75) is 6.04 Å². The van der Waals surface area contributed by atoms with Gasteiger partial charge in [-0.3, -0.25) is 14.5 Å². The number of nitrogens with zero attached hydrogens (tertiary/aromatic N) is 2. The van der Waals surface area contributed by atoms with Gasteiger partial charge >= 0.3 is 0 Å². The first-order valence-corrected chi connectivity index (χ1v) is 10.5. The van der Waals surface area contributed by atoms with E-state index in [2.05, 4.69) is 4.90 Å². The number of carbonyl (C=O) groups excluding carboxylic acids is 2. The van der Waals surface area contributed by atoms with Crippen molar-refractivity contribution in [2.24, 2.45) is 0 Å². The highest BCUT2D eigenvalue weighted by molar-refractivity contribution is 6.14. The average Bonchev–Trinajstić information content (AvgIpc) is 3.44. The summed E-state index contributed by atoms with van der Waals surface area (Å²) < 4.78 is 15.9. The molecule has 2 aliphatic rings. The molecule has 32 heavy (non-hydrogen) atoms. The Balaban J connectivity index is 1.62. The molecule has 8 heteroatoms. The Morgan fingerprint density at radius 2 is 1.94 bits per heavy atom. The van der Waals surface area contributed by atoms with E-state index in [-0.39, 0.29) is 5.57 Å². The van der Waals surface area contributed by atoms with Gasteiger partial charge in [-0.05, 0) is 42.0 Å². The molecule has 2 aromatic rings. The van der Waals surface area contributed by atoms with E-state index in [0.717, 1.165) is 18.7 Å². The van der Waals surface area contributed by atoms with Gasteiger partial charge in [0.05, 0.1) is 38.2 Å². The van der Waals surface area contributed by atoms with E-state index in [0.29, 0.717) is 37.8 Å². The van der Waals surface area contributed by atoms with Gasteiger partial charge in [-0.1, -0.05) is 12.1 Å². The summed E-state index contributed by atoms with van der Waals surface area (Å²) in [5.74, 6) is -0.331. The van der Waals surface area contributed by atoms with E-state index in [4.69, 9.17) is 13.9 Å². The standard InChI is InChI=1S/C24H26N2O6/c1-30-18-6-4-17(5-7-18)22-21(20(27)9-8-19-3-2-14-32-19)23(28)24(29)26(22)11-10-25-12-15-31-16-13-25/h2-9,14,22,28H,10-13,15-16H2,1H3/b9-8+/t22-/m1/s1. The number of allylic oxidation sites excluding steroid dienone is 1. The third-order valence-corrected chi connectivity index (χ3v) is 5.70. The molecule has 0 aliphatic carbocycles. The fourth-order valence-corrected chi connectivity index (χ4v) is 3.98. The van der Waals surface area contributed by atoms with Crippen LogP contribution in [0.25, 0.3) is 6.08 Å². The van der Waals surface area contributed by atoms with Crippen molar-refractivity contribution in [2.75, 3.05) is 46.5 Å². The third kappa shape index (κ3) is 4.61. The molecule has 1 aromatic carbocycles. The van der Waals surface area contributed by atoms with E-state index in [1.807, 2.05) is 0 Å². The summed E-state index contributed by atoms with van der Waals surface area (Å²) in [7, 11) is 1.57. The molecule has 1 aromatic heterocycles. The van der Waals surface area contributed by atoms with E-state index < -0.39 is 23.5 Å². The number of methoxy groups -OCH3 is 1. The van der Waals surface area contributed by atoms with Crippen molar-refractivity contribution in [3.8, 4) is 5.75 Å². The Bertz CT molecular complexity index is 1000. The topological polar surface area (TPSA) is 92.5 Å². The molecule has 0 unspecified atom stereocenters. The minimum atomic E-state index is -0.691. The van der Waals surface area contributed by atoms with Crippen LogP contribution in [0.3, 0.4) is 0 Å². The van der Waals surface area contributed by atoms with Crippen LogP contribution >= 0.6 is 0 Å². The predicted octanol–water partition coefficient (Wildman–Crippen LogP) is 2.60. The van der Waals surface area contributed by atoms with Crippen molar-refractivity contribution in [3.63, 3.8) is 0 Å². The number of benzene rings is 1. The van der Waals surface area contributed by atoms with E-state index in [1.165, 1.54) is 18.4 Å². The third-order valence-electron chi connectivity index (χ3n) is 5.70. The Labute approximate surface area is 186 Å². The maximum atomic E-state index is 13.1. The van der Waals surface area contributed by atoms with Crippen molar-refractivity contribution in [1.82, 2.24) is 9.80 Å². The predicted molar refractivity (Wildman–Crippen MR) is 117 cm³/mol. The zero-order chi connectivity index (χ0) is 22.5. The van der Waals surface area contributed by atoms with Crippen LogP contribution in [0, 0.1) is 0 Å².